The summed E-state index contributed by atoms with van der Waals surface area (Å²) in [6.07, 6.45) is 9.98. The fourth-order valence-electron chi connectivity index (χ4n) is 6.42. The highest BCUT2D eigenvalue weighted by Gasteiger charge is 2.50. The molecule has 4 bridgehead atoms. The van der Waals surface area contributed by atoms with Gasteiger partial charge in [0.05, 0.1) is 6.54 Å². The summed E-state index contributed by atoms with van der Waals surface area (Å²) in [4.78, 5) is 17.2. The third-order valence-electron chi connectivity index (χ3n) is 7.32. The molecule has 4 heteroatoms. The summed E-state index contributed by atoms with van der Waals surface area (Å²) in [5.74, 6) is 4.38. The summed E-state index contributed by atoms with van der Waals surface area (Å²) >= 11 is 0. The van der Waals surface area contributed by atoms with E-state index in [1.165, 1.54) is 51.6 Å². The van der Waals surface area contributed by atoms with Gasteiger partial charge in [-0.25, -0.2) is 0 Å². The van der Waals surface area contributed by atoms with Gasteiger partial charge < -0.3 is 5.32 Å². The average Bonchev–Trinajstić information content (AvgIpc) is 3.31. The van der Waals surface area contributed by atoms with Crippen LogP contribution in [-0.2, 0) is 4.79 Å². The zero-order valence-electron chi connectivity index (χ0n) is 14.3. The Balaban J connectivity index is 1.15. The lowest BCUT2D eigenvalue weighted by Crippen LogP contribution is -2.60. The van der Waals surface area contributed by atoms with Gasteiger partial charge >= 0.3 is 0 Å². The zero-order valence-corrected chi connectivity index (χ0v) is 14.3. The Morgan fingerprint density at radius 1 is 0.870 bits per heavy atom. The SMILES string of the molecule is O=C(CN1CCN(C2C3CC4CC(C3)CC2C4)CC1)NC1CC1. The molecule has 5 saturated carbocycles. The van der Waals surface area contributed by atoms with Crippen molar-refractivity contribution in [1.29, 1.82) is 0 Å². The molecule has 1 aliphatic heterocycles. The maximum Gasteiger partial charge on any atom is 0.234 e. The van der Waals surface area contributed by atoms with E-state index in [1.54, 1.807) is 6.42 Å². The van der Waals surface area contributed by atoms with Crippen LogP contribution in [0, 0.1) is 23.7 Å². The largest absolute Gasteiger partial charge is 0.352 e. The van der Waals surface area contributed by atoms with Crippen molar-refractivity contribution in [2.45, 2.75) is 57.0 Å². The van der Waals surface area contributed by atoms with E-state index in [1.807, 2.05) is 0 Å². The number of amides is 1. The van der Waals surface area contributed by atoms with Crippen LogP contribution >= 0.6 is 0 Å². The summed E-state index contributed by atoms with van der Waals surface area (Å²) in [6, 6.07) is 1.38. The standard InChI is InChI=1S/C19H31N3O/c23-18(20-17-1-2-17)12-21-3-5-22(6-4-21)19-15-8-13-7-14(10-15)11-16(19)9-13/h13-17,19H,1-12H2,(H,20,23). The fourth-order valence-corrected chi connectivity index (χ4v) is 6.42. The maximum absolute atomic E-state index is 12.0. The van der Waals surface area contributed by atoms with Crippen LogP contribution in [0.25, 0.3) is 0 Å². The van der Waals surface area contributed by atoms with Gasteiger partial charge in [0, 0.05) is 38.3 Å². The molecule has 0 aromatic heterocycles. The number of nitrogens with zero attached hydrogens (tertiary/aromatic N) is 2. The minimum atomic E-state index is 0.246. The van der Waals surface area contributed by atoms with Crippen LogP contribution in [-0.4, -0.2) is 60.5 Å². The number of hydrogen-bond acceptors (Lipinski definition) is 3. The number of carbonyl (C=O) groups is 1. The Morgan fingerprint density at radius 3 is 2.04 bits per heavy atom. The van der Waals surface area contributed by atoms with Gasteiger partial charge in [-0.2, -0.15) is 0 Å². The highest BCUT2D eigenvalue weighted by molar-refractivity contribution is 5.78. The number of rotatable bonds is 4. The van der Waals surface area contributed by atoms with Crippen molar-refractivity contribution in [2.24, 2.45) is 23.7 Å². The Hall–Kier alpha value is -0.610. The summed E-state index contributed by atoms with van der Waals surface area (Å²) in [5, 5.41) is 3.12. The van der Waals surface area contributed by atoms with Crippen LogP contribution in [0.15, 0.2) is 0 Å². The second-order valence-corrected chi connectivity index (χ2v) is 9.08. The monoisotopic (exact) mass is 317 g/mol. The normalized spacial score (nSPS) is 43.7. The van der Waals surface area contributed by atoms with Crippen LogP contribution in [0.2, 0.25) is 0 Å². The molecule has 1 heterocycles. The number of carbonyl (C=O) groups excluding carboxylic acids is 1. The van der Waals surface area contributed by atoms with E-state index in [0.717, 1.165) is 42.8 Å². The zero-order chi connectivity index (χ0) is 15.4. The molecule has 0 unspecified atom stereocenters. The third kappa shape index (κ3) is 2.93. The molecule has 5 aliphatic carbocycles. The lowest BCUT2D eigenvalue weighted by atomic mass is 9.54. The Morgan fingerprint density at radius 2 is 1.48 bits per heavy atom. The highest BCUT2D eigenvalue weighted by Crippen LogP contribution is 2.55. The van der Waals surface area contributed by atoms with Gasteiger partial charge in [-0.1, -0.05) is 0 Å². The van der Waals surface area contributed by atoms with Crippen LogP contribution in [0.3, 0.4) is 0 Å². The number of piperazine rings is 1. The van der Waals surface area contributed by atoms with Crippen molar-refractivity contribution in [2.75, 3.05) is 32.7 Å². The van der Waals surface area contributed by atoms with Crippen molar-refractivity contribution in [3.63, 3.8) is 0 Å². The Kier molecular flexibility index (Phi) is 3.67. The first kappa shape index (κ1) is 14.7. The lowest BCUT2D eigenvalue weighted by molar-refractivity contribution is -0.123. The molecule has 4 nitrogen and oxygen atoms in total. The average molecular weight is 317 g/mol. The molecule has 0 spiro atoms. The molecule has 6 rings (SSSR count). The van der Waals surface area contributed by atoms with Crippen LogP contribution in [0.4, 0.5) is 0 Å². The van der Waals surface area contributed by atoms with Gasteiger partial charge in [0.25, 0.3) is 0 Å². The van der Waals surface area contributed by atoms with Crippen molar-refractivity contribution in [1.82, 2.24) is 15.1 Å². The lowest BCUT2D eigenvalue weighted by Gasteiger charge is -2.58. The summed E-state index contributed by atoms with van der Waals surface area (Å²) in [7, 11) is 0. The molecular weight excluding hydrogens is 286 g/mol. The molecule has 128 valence electrons. The molecule has 0 atom stereocenters. The van der Waals surface area contributed by atoms with Gasteiger partial charge in [-0.3, -0.25) is 14.6 Å². The summed E-state index contributed by atoms with van der Waals surface area (Å²) in [6.45, 7) is 5.15. The predicted octanol–water partition coefficient (Wildman–Crippen LogP) is 1.71. The van der Waals surface area contributed by atoms with Crippen molar-refractivity contribution >= 4 is 5.91 Å². The molecule has 6 aliphatic rings. The van der Waals surface area contributed by atoms with Crippen molar-refractivity contribution < 1.29 is 4.79 Å². The predicted molar refractivity (Wildman–Crippen MR) is 90.0 cm³/mol. The molecule has 23 heavy (non-hydrogen) atoms. The first-order valence-electron chi connectivity index (χ1n) is 10.0. The van der Waals surface area contributed by atoms with Crippen molar-refractivity contribution in [3.8, 4) is 0 Å². The second kappa shape index (κ2) is 5.73. The van der Waals surface area contributed by atoms with E-state index in [-0.39, 0.29) is 5.91 Å². The van der Waals surface area contributed by atoms with Crippen LogP contribution in [0.5, 0.6) is 0 Å². The minimum Gasteiger partial charge on any atom is -0.352 e. The molecule has 1 saturated heterocycles. The van der Waals surface area contributed by atoms with Gasteiger partial charge in [0.1, 0.15) is 0 Å². The summed E-state index contributed by atoms with van der Waals surface area (Å²) < 4.78 is 0. The van der Waals surface area contributed by atoms with E-state index in [2.05, 4.69) is 15.1 Å². The molecule has 6 fully saturated rings. The molecule has 0 aromatic rings. The highest BCUT2D eigenvalue weighted by atomic mass is 16.2. The molecule has 0 radical (unpaired) electrons. The Labute approximate surface area is 140 Å². The number of hydrogen-bond donors (Lipinski definition) is 1. The van der Waals surface area contributed by atoms with Gasteiger partial charge in [0.15, 0.2) is 0 Å². The third-order valence-corrected chi connectivity index (χ3v) is 7.32. The Bertz CT molecular complexity index is 439. The van der Waals surface area contributed by atoms with Gasteiger partial charge in [0.2, 0.25) is 5.91 Å². The molecule has 1 amide bonds. The van der Waals surface area contributed by atoms with Crippen LogP contribution < -0.4 is 5.32 Å². The van der Waals surface area contributed by atoms with E-state index in [4.69, 9.17) is 0 Å². The van der Waals surface area contributed by atoms with Crippen molar-refractivity contribution in [3.05, 3.63) is 0 Å². The van der Waals surface area contributed by atoms with E-state index >= 15 is 0 Å². The smallest absolute Gasteiger partial charge is 0.234 e. The molecular formula is C19H31N3O. The number of nitrogens with one attached hydrogen (secondary N) is 1. The first-order valence-corrected chi connectivity index (χ1v) is 10.0. The van der Waals surface area contributed by atoms with E-state index in [0.29, 0.717) is 12.6 Å². The topological polar surface area (TPSA) is 35.6 Å². The van der Waals surface area contributed by atoms with E-state index in [9.17, 15) is 4.79 Å². The van der Waals surface area contributed by atoms with E-state index < -0.39 is 0 Å². The molecule has 0 aromatic carbocycles. The first-order chi connectivity index (χ1) is 11.2. The van der Waals surface area contributed by atoms with Gasteiger partial charge in [-0.15, -0.1) is 0 Å². The van der Waals surface area contributed by atoms with Gasteiger partial charge in [-0.05, 0) is 68.6 Å². The summed E-state index contributed by atoms with van der Waals surface area (Å²) in [5.41, 5.74) is 0. The minimum absolute atomic E-state index is 0.246. The second-order valence-electron chi connectivity index (χ2n) is 9.08. The fraction of sp³-hybridized carbons (Fsp3) is 0.947. The maximum atomic E-state index is 12.0. The van der Waals surface area contributed by atoms with Crippen LogP contribution in [0.1, 0.15) is 44.9 Å². The quantitative estimate of drug-likeness (QED) is 0.857. The molecule has 1 N–H and O–H groups in total.